The number of fused-ring (bicyclic) bond motifs is 2. The molecule has 1 N–H and O–H groups in total. The summed E-state index contributed by atoms with van der Waals surface area (Å²) in [4.78, 5) is 23.0. The van der Waals surface area contributed by atoms with Gasteiger partial charge in [-0.3, -0.25) is 4.79 Å². The summed E-state index contributed by atoms with van der Waals surface area (Å²) >= 11 is 0. The fraction of sp³-hybridized carbons (Fsp3) is 0.667. The van der Waals surface area contributed by atoms with Crippen molar-refractivity contribution in [2.24, 2.45) is 11.8 Å². The van der Waals surface area contributed by atoms with Gasteiger partial charge < -0.3 is 15.0 Å². The van der Waals surface area contributed by atoms with E-state index in [0.29, 0.717) is 12.5 Å². The molecular weight excluding hydrogens is 268 g/mol. The molecular formula is C15H20N4O2. The smallest absolute Gasteiger partial charge is 0.225 e. The highest BCUT2D eigenvalue weighted by molar-refractivity contribution is 5.80. The van der Waals surface area contributed by atoms with Crippen LogP contribution in [0.5, 0.6) is 0 Å². The van der Waals surface area contributed by atoms with Gasteiger partial charge in [0.05, 0.1) is 18.1 Å². The number of carbonyl (C=O) groups excluding carboxylic acids is 1. The minimum atomic E-state index is -0.0354. The third-order valence-electron chi connectivity index (χ3n) is 4.59. The standard InChI is InChI=1S/C15H20N4O2/c20-14(18-7-10-2-3-10)12-6-11-8-19(9-13(12)21-11)15-16-4-1-5-17-15/h1,4-5,10-13H,2-3,6-9H2,(H,18,20)/t11-,12+,13+/m0/s1. The first-order valence-electron chi connectivity index (χ1n) is 7.75. The zero-order valence-electron chi connectivity index (χ0n) is 11.9. The second kappa shape index (κ2) is 5.26. The lowest BCUT2D eigenvalue weighted by Crippen LogP contribution is -2.46. The molecule has 0 unspecified atom stereocenters. The monoisotopic (exact) mass is 288 g/mol. The summed E-state index contributed by atoms with van der Waals surface area (Å²) in [7, 11) is 0. The molecule has 3 fully saturated rings. The van der Waals surface area contributed by atoms with Crippen molar-refractivity contribution in [1.29, 1.82) is 0 Å². The van der Waals surface area contributed by atoms with E-state index in [4.69, 9.17) is 4.74 Å². The van der Waals surface area contributed by atoms with E-state index in [1.807, 2.05) is 6.07 Å². The minimum Gasteiger partial charge on any atom is -0.370 e. The molecule has 1 aromatic heterocycles. The number of morpholine rings is 1. The SMILES string of the molecule is O=C(NCC1CC1)[C@@H]1C[C@H]2CN(c3ncccn3)C[C@H]1O2. The maximum Gasteiger partial charge on any atom is 0.225 e. The number of nitrogens with one attached hydrogen (secondary N) is 1. The van der Waals surface area contributed by atoms with E-state index < -0.39 is 0 Å². The summed E-state index contributed by atoms with van der Waals surface area (Å²) < 4.78 is 5.95. The lowest BCUT2D eigenvalue weighted by Gasteiger charge is -2.32. The second-order valence-electron chi connectivity index (χ2n) is 6.28. The Kier molecular flexibility index (Phi) is 3.25. The molecule has 4 rings (SSSR count). The van der Waals surface area contributed by atoms with E-state index in [1.54, 1.807) is 12.4 Å². The molecule has 1 saturated carbocycles. The molecule has 6 heteroatoms. The highest BCUT2D eigenvalue weighted by Crippen LogP contribution is 2.33. The molecule has 1 aliphatic carbocycles. The molecule has 3 atom stereocenters. The van der Waals surface area contributed by atoms with Gasteiger partial charge in [0.2, 0.25) is 11.9 Å². The van der Waals surface area contributed by atoms with Gasteiger partial charge in [-0.2, -0.15) is 0 Å². The maximum atomic E-state index is 12.3. The molecule has 1 aromatic rings. The predicted molar refractivity (Wildman–Crippen MR) is 76.7 cm³/mol. The quantitative estimate of drug-likeness (QED) is 0.878. The first-order chi connectivity index (χ1) is 10.3. The van der Waals surface area contributed by atoms with Gasteiger partial charge in [-0.25, -0.2) is 9.97 Å². The Morgan fingerprint density at radius 1 is 1.33 bits per heavy atom. The van der Waals surface area contributed by atoms with E-state index in [9.17, 15) is 4.79 Å². The van der Waals surface area contributed by atoms with Gasteiger partial charge in [-0.05, 0) is 31.2 Å². The van der Waals surface area contributed by atoms with Crippen LogP contribution in [0.25, 0.3) is 0 Å². The highest BCUT2D eigenvalue weighted by Gasteiger charge is 2.45. The number of amides is 1. The topological polar surface area (TPSA) is 67.4 Å². The number of aromatic nitrogens is 2. The van der Waals surface area contributed by atoms with Crippen molar-refractivity contribution < 1.29 is 9.53 Å². The average molecular weight is 288 g/mol. The van der Waals surface area contributed by atoms with Crippen LogP contribution in [-0.4, -0.2) is 47.7 Å². The van der Waals surface area contributed by atoms with Crippen molar-refractivity contribution in [3.05, 3.63) is 18.5 Å². The molecule has 0 spiro atoms. The van der Waals surface area contributed by atoms with Crippen molar-refractivity contribution in [2.45, 2.75) is 31.5 Å². The van der Waals surface area contributed by atoms with E-state index in [1.165, 1.54) is 12.8 Å². The number of rotatable bonds is 4. The van der Waals surface area contributed by atoms with Gasteiger partial charge in [-0.1, -0.05) is 0 Å². The lowest BCUT2D eigenvalue weighted by molar-refractivity contribution is -0.126. The lowest BCUT2D eigenvalue weighted by atomic mass is 9.99. The van der Waals surface area contributed by atoms with Gasteiger partial charge in [-0.15, -0.1) is 0 Å². The van der Waals surface area contributed by atoms with Crippen molar-refractivity contribution in [1.82, 2.24) is 15.3 Å². The fourth-order valence-electron chi connectivity index (χ4n) is 3.25. The average Bonchev–Trinajstić information content (AvgIpc) is 3.30. The van der Waals surface area contributed by atoms with Gasteiger partial charge in [0.15, 0.2) is 0 Å². The fourth-order valence-corrected chi connectivity index (χ4v) is 3.25. The molecule has 2 aliphatic heterocycles. The van der Waals surface area contributed by atoms with Crippen LogP contribution in [0, 0.1) is 11.8 Å². The summed E-state index contributed by atoms with van der Waals surface area (Å²) in [6.07, 6.45) is 6.90. The first-order valence-corrected chi connectivity index (χ1v) is 7.75. The van der Waals surface area contributed by atoms with Crippen molar-refractivity contribution >= 4 is 11.9 Å². The van der Waals surface area contributed by atoms with Crippen LogP contribution in [0.2, 0.25) is 0 Å². The summed E-state index contributed by atoms with van der Waals surface area (Å²) in [6.45, 7) is 2.30. The summed E-state index contributed by atoms with van der Waals surface area (Å²) in [5.41, 5.74) is 0. The van der Waals surface area contributed by atoms with Crippen molar-refractivity contribution in [3.8, 4) is 0 Å². The Hall–Kier alpha value is -1.69. The van der Waals surface area contributed by atoms with Gasteiger partial charge >= 0.3 is 0 Å². The molecule has 1 amide bonds. The number of hydrogen-bond donors (Lipinski definition) is 1. The first kappa shape index (κ1) is 13.0. The molecule has 21 heavy (non-hydrogen) atoms. The zero-order valence-corrected chi connectivity index (χ0v) is 11.9. The van der Waals surface area contributed by atoms with Gasteiger partial charge in [0.1, 0.15) is 0 Å². The number of carbonyl (C=O) groups is 1. The minimum absolute atomic E-state index is 0.0255. The number of ether oxygens (including phenoxy) is 1. The van der Waals surface area contributed by atoms with Crippen LogP contribution in [0.15, 0.2) is 18.5 Å². The molecule has 2 bridgehead atoms. The van der Waals surface area contributed by atoms with Crippen LogP contribution >= 0.6 is 0 Å². The molecule has 3 heterocycles. The predicted octanol–water partition coefficient (Wildman–Crippen LogP) is 0.596. The van der Waals surface area contributed by atoms with Gasteiger partial charge in [0.25, 0.3) is 0 Å². The molecule has 112 valence electrons. The zero-order chi connectivity index (χ0) is 14.2. The van der Waals surface area contributed by atoms with Crippen LogP contribution in [0.3, 0.4) is 0 Å². The molecule has 2 saturated heterocycles. The largest absolute Gasteiger partial charge is 0.370 e. The third kappa shape index (κ3) is 2.72. The Labute approximate surface area is 123 Å². The molecule has 3 aliphatic rings. The van der Waals surface area contributed by atoms with Crippen LogP contribution in [-0.2, 0) is 9.53 Å². The number of nitrogens with zero attached hydrogens (tertiary/aromatic N) is 3. The van der Waals surface area contributed by atoms with Gasteiger partial charge in [0, 0.05) is 32.0 Å². The summed E-state index contributed by atoms with van der Waals surface area (Å²) in [5.74, 6) is 1.58. The Bertz CT molecular complexity index is 520. The number of anilines is 1. The van der Waals surface area contributed by atoms with E-state index in [2.05, 4.69) is 20.2 Å². The summed E-state index contributed by atoms with van der Waals surface area (Å²) in [5, 5.41) is 3.09. The second-order valence-corrected chi connectivity index (χ2v) is 6.28. The van der Waals surface area contributed by atoms with Crippen LogP contribution < -0.4 is 10.2 Å². The molecule has 0 radical (unpaired) electrons. The Morgan fingerprint density at radius 3 is 2.90 bits per heavy atom. The van der Waals surface area contributed by atoms with Crippen LogP contribution in [0.1, 0.15) is 19.3 Å². The van der Waals surface area contributed by atoms with Crippen molar-refractivity contribution in [3.63, 3.8) is 0 Å². The van der Waals surface area contributed by atoms with E-state index in [0.717, 1.165) is 25.5 Å². The highest BCUT2D eigenvalue weighted by atomic mass is 16.5. The maximum absolute atomic E-state index is 12.3. The van der Waals surface area contributed by atoms with E-state index >= 15 is 0 Å². The Balaban J connectivity index is 1.40. The number of hydrogen-bond acceptors (Lipinski definition) is 5. The normalized spacial score (nSPS) is 31.2. The Morgan fingerprint density at radius 2 is 2.14 bits per heavy atom. The van der Waals surface area contributed by atoms with E-state index in [-0.39, 0.29) is 24.0 Å². The van der Waals surface area contributed by atoms with Crippen molar-refractivity contribution in [2.75, 3.05) is 24.5 Å². The third-order valence-corrected chi connectivity index (χ3v) is 4.59. The molecule has 0 aromatic carbocycles. The summed E-state index contributed by atoms with van der Waals surface area (Å²) in [6, 6.07) is 1.81. The molecule has 6 nitrogen and oxygen atoms in total. The van der Waals surface area contributed by atoms with Crippen LogP contribution in [0.4, 0.5) is 5.95 Å².